The highest BCUT2D eigenvalue weighted by Crippen LogP contribution is 2.40. The van der Waals surface area contributed by atoms with Crippen LogP contribution in [0.4, 0.5) is 0 Å². The molecule has 0 amide bonds. The zero-order valence-electron chi connectivity index (χ0n) is 25.3. The first-order chi connectivity index (χ1) is 19.6. The molecule has 3 aromatic carbocycles. The quantitative estimate of drug-likeness (QED) is 0.153. The third-order valence-corrected chi connectivity index (χ3v) is 7.86. The smallest absolute Gasteiger partial charge is 0.311 e. The molecule has 0 spiro atoms. The maximum atomic E-state index is 13.2. The molecule has 1 atom stereocenters. The Kier molecular flexibility index (Phi) is 7.30. The van der Waals surface area contributed by atoms with Crippen molar-refractivity contribution in [3.63, 3.8) is 0 Å². The molecule has 1 aromatic heterocycles. The van der Waals surface area contributed by atoms with E-state index in [1.54, 1.807) is 36.4 Å². The number of ketones is 2. The van der Waals surface area contributed by atoms with E-state index < -0.39 is 11.9 Å². The first-order valence-corrected chi connectivity index (χ1v) is 14.3. The van der Waals surface area contributed by atoms with Gasteiger partial charge in [-0.1, -0.05) is 89.6 Å². The van der Waals surface area contributed by atoms with E-state index in [1.807, 2.05) is 31.2 Å². The lowest BCUT2D eigenvalue weighted by atomic mass is 9.78. The summed E-state index contributed by atoms with van der Waals surface area (Å²) in [5.74, 6) is -1.39. The molecule has 42 heavy (non-hydrogen) atoms. The van der Waals surface area contributed by atoms with Gasteiger partial charge in [0.2, 0.25) is 0 Å². The van der Waals surface area contributed by atoms with E-state index >= 15 is 0 Å². The second-order valence-electron chi connectivity index (χ2n) is 13.3. The Hall–Kier alpha value is -4.32. The molecular formula is C36H37NO5. The molecule has 1 aliphatic rings. The lowest BCUT2D eigenvalue weighted by Crippen LogP contribution is -2.18. The number of para-hydroxylation sites is 1. The van der Waals surface area contributed by atoms with E-state index in [-0.39, 0.29) is 34.6 Å². The first kappa shape index (κ1) is 29.2. The number of aryl methyl sites for hydroxylation is 2. The molecule has 5 rings (SSSR count). The van der Waals surface area contributed by atoms with Crippen LogP contribution in [0.3, 0.4) is 0 Å². The predicted octanol–water partition coefficient (Wildman–Crippen LogP) is 7.54. The molecule has 0 aliphatic heterocycles. The zero-order chi connectivity index (χ0) is 30.6. The number of rotatable bonds is 5. The standard InChI is InChI=1S/C36H37NO5/c1-20-11-14-23-24(17-20)33(40)30(32(23)39)27-15-13-22-9-8-10-28(31(22)37-27)42-29(38)16-12-21-18-25(35(2,3)4)34(41)26(19-21)36(5,6)7/h8-11,13-15,17-19,30,41H,12,16H2,1-7H3. The summed E-state index contributed by atoms with van der Waals surface area (Å²) in [5.41, 5.74) is 4.60. The fourth-order valence-corrected chi connectivity index (χ4v) is 5.56. The fourth-order valence-electron chi connectivity index (χ4n) is 5.56. The van der Waals surface area contributed by atoms with Crippen molar-refractivity contribution in [3.05, 3.63) is 99.7 Å². The van der Waals surface area contributed by atoms with Crippen molar-refractivity contribution >= 4 is 28.4 Å². The number of fused-ring (bicyclic) bond motifs is 2. The Morgan fingerprint density at radius 2 is 1.50 bits per heavy atom. The van der Waals surface area contributed by atoms with Crippen LogP contribution in [0.25, 0.3) is 10.9 Å². The largest absolute Gasteiger partial charge is 0.507 e. The summed E-state index contributed by atoms with van der Waals surface area (Å²) in [6, 6.07) is 18.0. The number of ether oxygens (including phenoxy) is 1. The SMILES string of the molecule is Cc1ccc2c(c1)C(=O)C(c1ccc3cccc(OC(=O)CCc4cc(C(C)(C)C)c(O)c(C(C)(C)C)c4)c3n1)C2=O. The Balaban J connectivity index is 1.39. The minimum Gasteiger partial charge on any atom is -0.507 e. The Morgan fingerprint density at radius 3 is 2.14 bits per heavy atom. The van der Waals surface area contributed by atoms with Gasteiger partial charge in [-0.25, -0.2) is 4.98 Å². The van der Waals surface area contributed by atoms with Gasteiger partial charge in [-0.05, 0) is 59.1 Å². The van der Waals surface area contributed by atoms with E-state index in [1.165, 1.54) is 0 Å². The number of carbonyl (C=O) groups excluding carboxylic acids is 3. The van der Waals surface area contributed by atoms with Gasteiger partial charge in [-0.2, -0.15) is 0 Å². The number of phenols is 1. The van der Waals surface area contributed by atoms with Gasteiger partial charge < -0.3 is 9.84 Å². The molecule has 0 fully saturated rings. The number of phenolic OH excluding ortho intramolecular Hbond substituents is 1. The summed E-state index contributed by atoms with van der Waals surface area (Å²) in [4.78, 5) is 44.1. The zero-order valence-corrected chi connectivity index (χ0v) is 25.3. The number of pyridine rings is 1. The maximum Gasteiger partial charge on any atom is 0.311 e. The van der Waals surface area contributed by atoms with Crippen LogP contribution in [0, 0.1) is 6.92 Å². The molecule has 1 heterocycles. The summed E-state index contributed by atoms with van der Waals surface area (Å²) in [7, 11) is 0. The van der Waals surface area contributed by atoms with Crippen molar-refractivity contribution in [1.82, 2.24) is 4.98 Å². The molecule has 0 saturated heterocycles. The normalized spacial score (nSPS) is 15.3. The number of aromatic hydroxyl groups is 1. The minimum atomic E-state index is -1.02. The van der Waals surface area contributed by atoms with Gasteiger partial charge in [-0.15, -0.1) is 0 Å². The Labute approximate surface area is 246 Å². The molecule has 0 saturated carbocycles. The van der Waals surface area contributed by atoms with Crippen LogP contribution in [0.15, 0.2) is 60.7 Å². The first-order valence-electron chi connectivity index (χ1n) is 14.3. The van der Waals surface area contributed by atoms with Gasteiger partial charge in [0.05, 0.1) is 5.69 Å². The number of aromatic nitrogens is 1. The maximum absolute atomic E-state index is 13.2. The molecule has 1 aliphatic carbocycles. The van der Waals surface area contributed by atoms with E-state index in [0.29, 0.717) is 34.5 Å². The molecule has 1 N–H and O–H groups in total. The number of esters is 1. The van der Waals surface area contributed by atoms with Gasteiger partial charge in [0, 0.05) is 22.9 Å². The van der Waals surface area contributed by atoms with Crippen LogP contribution < -0.4 is 4.74 Å². The molecule has 1 unspecified atom stereocenters. The average molecular weight is 564 g/mol. The van der Waals surface area contributed by atoms with Crippen molar-refractivity contribution in [1.29, 1.82) is 0 Å². The summed E-state index contributed by atoms with van der Waals surface area (Å²) in [6.07, 6.45) is 0.569. The number of hydrogen-bond acceptors (Lipinski definition) is 6. The average Bonchev–Trinajstić information content (AvgIpc) is 3.15. The molecule has 0 bridgehead atoms. The highest BCUT2D eigenvalue weighted by atomic mass is 16.5. The molecule has 0 radical (unpaired) electrons. The fraction of sp³-hybridized carbons (Fsp3) is 0.333. The molecule has 6 nitrogen and oxygen atoms in total. The number of benzene rings is 3. The summed E-state index contributed by atoms with van der Waals surface area (Å²) in [6.45, 7) is 14.2. The summed E-state index contributed by atoms with van der Waals surface area (Å²) in [5, 5.41) is 11.7. The minimum absolute atomic E-state index is 0.127. The van der Waals surface area contributed by atoms with Crippen molar-refractivity contribution in [2.45, 2.75) is 78.1 Å². The van der Waals surface area contributed by atoms with Crippen molar-refractivity contribution in [3.8, 4) is 11.5 Å². The highest BCUT2D eigenvalue weighted by molar-refractivity contribution is 6.29. The van der Waals surface area contributed by atoms with Gasteiger partial charge >= 0.3 is 5.97 Å². The number of hydrogen-bond donors (Lipinski definition) is 1. The van der Waals surface area contributed by atoms with Crippen LogP contribution >= 0.6 is 0 Å². The summed E-state index contributed by atoms with van der Waals surface area (Å²) >= 11 is 0. The molecular weight excluding hydrogens is 526 g/mol. The van der Waals surface area contributed by atoms with Crippen LogP contribution in [-0.4, -0.2) is 27.6 Å². The summed E-state index contributed by atoms with van der Waals surface area (Å²) < 4.78 is 5.80. The Morgan fingerprint density at radius 1 is 0.857 bits per heavy atom. The van der Waals surface area contributed by atoms with Crippen LogP contribution in [0.1, 0.15) is 103 Å². The number of Topliss-reactive ketones (excluding diaryl/α,β-unsaturated/α-hetero) is 2. The third kappa shape index (κ3) is 5.46. The van der Waals surface area contributed by atoms with Gasteiger partial charge in [0.15, 0.2) is 17.3 Å². The molecule has 216 valence electrons. The van der Waals surface area contributed by atoms with E-state index in [2.05, 4.69) is 46.5 Å². The highest BCUT2D eigenvalue weighted by Gasteiger charge is 2.40. The predicted molar refractivity (Wildman–Crippen MR) is 164 cm³/mol. The Bertz CT molecular complexity index is 1720. The van der Waals surface area contributed by atoms with Crippen molar-refractivity contribution in [2.75, 3.05) is 0 Å². The van der Waals surface area contributed by atoms with Crippen molar-refractivity contribution in [2.24, 2.45) is 0 Å². The second-order valence-corrected chi connectivity index (χ2v) is 13.3. The van der Waals surface area contributed by atoms with Crippen LogP contribution in [-0.2, 0) is 22.0 Å². The van der Waals surface area contributed by atoms with Gasteiger partial charge in [-0.3, -0.25) is 14.4 Å². The van der Waals surface area contributed by atoms with Gasteiger partial charge in [0.25, 0.3) is 0 Å². The third-order valence-electron chi connectivity index (χ3n) is 7.86. The number of nitrogens with zero attached hydrogens (tertiary/aromatic N) is 1. The topological polar surface area (TPSA) is 93.6 Å². The monoisotopic (exact) mass is 563 g/mol. The lowest BCUT2D eigenvalue weighted by molar-refractivity contribution is -0.134. The van der Waals surface area contributed by atoms with Crippen molar-refractivity contribution < 1.29 is 24.2 Å². The molecule has 6 heteroatoms. The molecule has 4 aromatic rings. The lowest BCUT2D eigenvalue weighted by Gasteiger charge is -2.28. The van der Waals surface area contributed by atoms with E-state index in [9.17, 15) is 19.5 Å². The van der Waals surface area contributed by atoms with Gasteiger partial charge in [0.1, 0.15) is 17.2 Å². The second kappa shape index (κ2) is 10.5. The van der Waals surface area contributed by atoms with Crippen LogP contribution in [0.5, 0.6) is 11.5 Å². The van der Waals surface area contributed by atoms with Crippen LogP contribution in [0.2, 0.25) is 0 Å². The number of carbonyl (C=O) groups is 3. The van der Waals surface area contributed by atoms with E-state index in [0.717, 1.165) is 27.6 Å². The van der Waals surface area contributed by atoms with E-state index in [4.69, 9.17) is 4.74 Å².